The molecule has 0 spiro atoms. The largest absolute Gasteiger partial charge is 0.341 e. The van der Waals surface area contributed by atoms with E-state index < -0.39 is 0 Å². The Hall–Kier alpha value is -1.61. The first-order chi connectivity index (χ1) is 7.79. The van der Waals surface area contributed by atoms with E-state index in [1.165, 1.54) is 5.56 Å². The molecule has 0 radical (unpaired) electrons. The van der Waals surface area contributed by atoms with Crippen LogP contribution in [0.3, 0.4) is 0 Å². The van der Waals surface area contributed by atoms with Crippen molar-refractivity contribution in [3.63, 3.8) is 0 Å². The predicted octanol–water partition coefficient (Wildman–Crippen LogP) is 2.49. The van der Waals surface area contributed by atoms with Gasteiger partial charge in [0.25, 0.3) is 0 Å². The lowest BCUT2D eigenvalue weighted by molar-refractivity contribution is 0.714. The SMILES string of the molecule is CCNCc1cnc(-c2ccc(C)cc2)[nH]1. The minimum Gasteiger partial charge on any atom is -0.341 e. The summed E-state index contributed by atoms with van der Waals surface area (Å²) in [5, 5.41) is 3.27. The van der Waals surface area contributed by atoms with Gasteiger partial charge >= 0.3 is 0 Å². The molecule has 0 aliphatic heterocycles. The zero-order valence-electron chi connectivity index (χ0n) is 9.75. The second-order valence-corrected chi connectivity index (χ2v) is 3.90. The minimum absolute atomic E-state index is 0.843. The van der Waals surface area contributed by atoms with Gasteiger partial charge in [-0.25, -0.2) is 4.98 Å². The van der Waals surface area contributed by atoms with E-state index in [1.54, 1.807) is 0 Å². The van der Waals surface area contributed by atoms with Crippen molar-refractivity contribution in [2.45, 2.75) is 20.4 Å². The monoisotopic (exact) mass is 215 g/mol. The number of nitrogens with one attached hydrogen (secondary N) is 2. The molecule has 0 atom stereocenters. The first kappa shape index (κ1) is 10.9. The van der Waals surface area contributed by atoms with E-state index in [1.807, 2.05) is 6.20 Å². The highest BCUT2D eigenvalue weighted by Gasteiger charge is 2.02. The lowest BCUT2D eigenvalue weighted by atomic mass is 10.1. The zero-order chi connectivity index (χ0) is 11.4. The molecule has 0 saturated heterocycles. The molecule has 1 aromatic carbocycles. The van der Waals surface area contributed by atoms with Crippen LogP contribution in [0.15, 0.2) is 30.5 Å². The Labute approximate surface area is 95.9 Å². The Kier molecular flexibility index (Phi) is 3.37. The van der Waals surface area contributed by atoms with Crippen LogP contribution in [-0.4, -0.2) is 16.5 Å². The van der Waals surface area contributed by atoms with Crippen molar-refractivity contribution >= 4 is 0 Å². The fourth-order valence-corrected chi connectivity index (χ4v) is 1.57. The maximum atomic E-state index is 4.37. The molecule has 3 heteroatoms. The second-order valence-electron chi connectivity index (χ2n) is 3.90. The molecule has 2 rings (SSSR count). The van der Waals surface area contributed by atoms with E-state index in [4.69, 9.17) is 0 Å². The lowest BCUT2D eigenvalue weighted by Crippen LogP contribution is -2.11. The van der Waals surface area contributed by atoms with E-state index >= 15 is 0 Å². The summed E-state index contributed by atoms with van der Waals surface area (Å²) < 4.78 is 0. The van der Waals surface area contributed by atoms with E-state index in [-0.39, 0.29) is 0 Å². The average molecular weight is 215 g/mol. The number of nitrogens with zero attached hydrogens (tertiary/aromatic N) is 1. The highest BCUT2D eigenvalue weighted by molar-refractivity contribution is 5.55. The van der Waals surface area contributed by atoms with Crippen molar-refractivity contribution in [3.05, 3.63) is 41.7 Å². The average Bonchev–Trinajstić information content (AvgIpc) is 2.76. The number of hydrogen-bond donors (Lipinski definition) is 2. The van der Waals surface area contributed by atoms with Crippen molar-refractivity contribution in [2.75, 3.05) is 6.54 Å². The molecule has 84 valence electrons. The third kappa shape index (κ3) is 2.49. The number of aromatic amines is 1. The number of H-pyrrole nitrogens is 1. The Morgan fingerprint density at radius 1 is 1.25 bits per heavy atom. The van der Waals surface area contributed by atoms with E-state index in [9.17, 15) is 0 Å². The van der Waals surface area contributed by atoms with Crippen LogP contribution in [0.25, 0.3) is 11.4 Å². The van der Waals surface area contributed by atoms with Gasteiger partial charge in [-0.2, -0.15) is 0 Å². The van der Waals surface area contributed by atoms with Crippen LogP contribution in [0, 0.1) is 6.92 Å². The molecule has 16 heavy (non-hydrogen) atoms. The first-order valence-corrected chi connectivity index (χ1v) is 5.61. The standard InChI is InChI=1S/C13H17N3/c1-3-14-8-12-9-15-13(16-12)11-6-4-10(2)5-7-11/h4-7,9,14H,3,8H2,1-2H3,(H,15,16). The summed E-state index contributed by atoms with van der Waals surface area (Å²) in [5.41, 5.74) is 3.52. The van der Waals surface area contributed by atoms with Crippen molar-refractivity contribution in [1.82, 2.24) is 15.3 Å². The van der Waals surface area contributed by atoms with Gasteiger partial charge in [0.1, 0.15) is 5.82 Å². The topological polar surface area (TPSA) is 40.7 Å². The molecular formula is C13H17N3. The molecule has 0 bridgehead atoms. The van der Waals surface area contributed by atoms with Crippen LogP contribution in [0.5, 0.6) is 0 Å². The molecule has 1 aromatic heterocycles. The molecule has 2 N–H and O–H groups in total. The smallest absolute Gasteiger partial charge is 0.137 e. The first-order valence-electron chi connectivity index (χ1n) is 5.61. The molecular weight excluding hydrogens is 198 g/mol. The van der Waals surface area contributed by atoms with Crippen LogP contribution >= 0.6 is 0 Å². The summed E-state index contributed by atoms with van der Waals surface area (Å²) in [4.78, 5) is 7.68. The van der Waals surface area contributed by atoms with Crippen LogP contribution in [0.2, 0.25) is 0 Å². The van der Waals surface area contributed by atoms with Gasteiger partial charge in [0.15, 0.2) is 0 Å². The van der Waals surface area contributed by atoms with Crippen LogP contribution in [-0.2, 0) is 6.54 Å². The number of benzene rings is 1. The third-order valence-corrected chi connectivity index (χ3v) is 2.52. The van der Waals surface area contributed by atoms with Gasteiger partial charge in [-0.05, 0) is 13.5 Å². The lowest BCUT2D eigenvalue weighted by Gasteiger charge is -1.99. The van der Waals surface area contributed by atoms with E-state index in [0.29, 0.717) is 0 Å². The normalized spacial score (nSPS) is 10.6. The van der Waals surface area contributed by atoms with Gasteiger partial charge in [-0.1, -0.05) is 36.8 Å². The van der Waals surface area contributed by atoms with E-state index in [0.717, 1.165) is 30.2 Å². The van der Waals surface area contributed by atoms with Gasteiger partial charge < -0.3 is 10.3 Å². The highest BCUT2D eigenvalue weighted by atomic mass is 15.0. The van der Waals surface area contributed by atoms with Crippen LogP contribution < -0.4 is 5.32 Å². The maximum absolute atomic E-state index is 4.37. The molecule has 0 amide bonds. The van der Waals surface area contributed by atoms with Crippen molar-refractivity contribution in [2.24, 2.45) is 0 Å². The summed E-state index contributed by atoms with van der Waals surface area (Å²) in [5.74, 6) is 0.938. The minimum atomic E-state index is 0.843. The van der Waals surface area contributed by atoms with Gasteiger partial charge in [-0.15, -0.1) is 0 Å². The Bertz CT molecular complexity index is 442. The number of aromatic nitrogens is 2. The molecule has 3 nitrogen and oxygen atoms in total. The maximum Gasteiger partial charge on any atom is 0.137 e. The molecule has 2 aromatic rings. The molecule has 0 unspecified atom stereocenters. The van der Waals surface area contributed by atoms with Gasteiger partial charge in [0.2, 0.25) is 0 Å². The van der Waals surface area contributed by atoms with Gasteiger partial charge in [0.05, 0.1) is 0 Å². The van der Waals surface area contributed by atoms with Crippen molar-refractivity contribution < 1.29 is 0 Å². The molecule has 0 fully saturated rings. The number of imidazole rings is 1. The van der Waals surface area contributed by atoms with Crippen LogP contribution in [0.1, 0.15) is 18.2 Å². The predicted molar refractivity (Wildman–Crippen MR) is 66.1 cm³/mol. The quantitative estimate of drug-likeness (QED) is 0.822. The Morgan fingerprint density at radius 2 is 2.00 bits per heavy atom. The molecule has 0 aliphatic carbocycles. The van der Waals surface area contributed by atoms with Gasteiger partial charge in [0, 0.05) is 24.0 Å². The summed E-state index contributed by atoms with van der Waals surface area (Å²) in [6.45, 7) is 5.99. The van der Waals surface area contributed by atoms with E-state index in [2.05, 4.69) is 53.4 Å². The van der Waals surface area contributed by atoms with Crippen molar-refractivity contribution in [1.29, 1.82) is 0 Å². The fourth-order valence-electron chi connectivity index (χ4n) is 1.57. The Balaban J connectivity index is 2.15. The van der Waals surface area contributed by atoms with Gasteiger partial charge in [-0.3, -0.25) is 0 Å². The third-order valence-electron chi connectivity index (χ3n) is 2.52. The van der Waals surface area contributed by atoms with Crippen LogP contribution in [0.4, 0.5) is 0 Å². The zero-order valence-corrected chi connectivity index (χ0v) is 9.75. The summed E-state index contributed by atoms with van der Waals surface area (Å²) in [7, 11) is 0. The number of aryl methyl sites for hydroxylation is 1. The number of hydrogen-bond acceptors (Lipinski definition) is 2. The molecule has 0 saturated carbocycles. The fraction of sp³-hybridized carbons (Fsp3) is 0.308. The number of rotatable bonds is 4. The van der Waals surface area contributed by atoms with Crippen molar-refractivity contribution in [3.8, 4) is 11.4 Å². The highest BCUT2D eigenvalue weighted by Crippen LogP contribution is 2.15. The molecule has 0 aliphatic rings. The summed E-state index contributed by atoms with van der Waals surface area (Å²) in [6.07, 6.45) is 1.89. The summed E-state index contributed by atoms with van der Waals surface area (Å²) >= 11 is 0. The Morgan fingerprint density at radius 3 is 2.69 bits per heavy atom. The molecule has 1 heterocycles. The summed E-state index contributed by atoms with van der Waals surface area (Å²) in [6, 6.07) is 8.38. The second kappa shape index (κ2) is 4.94.